The molecule has 2 rings (SSSR count). The van der Waals surface area contributed by atoms with Crippen LogP contribution in [0.25, 0.3) is 0 Å². The highest BCUT2D eigenvalue weighted by Crippen LogP contribution is 2.28. The molecule has 1 fully saturated rings. The van der Waals surface area contributed by atoms with Gasteiger partial charge >= 0.3 is 0 Å². The lowest BCUT2D eigenvalue weighted by Crippen LogP contribution is -2.35. The first-order valence-electron chi connectivity index (χ1n) is 6.29. The van der Waals surface area contributed by atoms with E-state index in [0.29, 0.717) is 29.8 Å². The van der Waals surface area contributed by atoms with E-state index in [0.717, 1.165) is 25.0 Å². The molecular weight excluding hydrogens is 248 g/mol. The van der Waals surface area contributed by atoms with Gasteiger partial charge in [-0.15, -0.1) is 0 Å². The zero-order valence-corrected chi connectivity index (χ0v) is 11.3. The first kappa shape index (κ1) is 13.1. The number of nitrogens with two attached hydrogens (primary N) is 1. The van der Waals surface area contributed by atoms with Crippen LogP contribution in [0.5, 0.6) is 0 Å². The van der Waals surface area contributed by atoms with E-state index in [1.807, 2.05) is 17.9 Å². The quantitative estimate of drug-likeness (QED) is 0.801. The maximum atomic E-state index is 12.3. The molecule has 5 heteroatoms. The van der Waals surface area contributed by atoms with E-state index in [-0.39, 0.29) is 5.91 Å². The van der Waals surface area contributed by atoms with Crippen LogP contribution in [0.4, 0.5) is 0 Å². The monoisotopic (exact) mass is 266 g/mol. The Labute approximate surface area is 112 Å². The minimum absolute atomic E-state index is 0.0477. The molecule has 0 atom stereocenters. The third kappa shape index (κ3) is 3.10. The molecule has 0 radical (unpaired) electrons. The molecule has 0 unspecified atom stereocenters. The molecule has 2 N–H and O–H groups in total. The summed E-state index contributed by atoms with van der Waals surface area (Å²) in [6.07, 6.45) is 3.48. The van der Waals surface area contributed by atoms with E-state index in [1.165, 1.54) is 0 Å². The second-order valence-corrected chi connectivity index (χ2v) is 5.09. The Balaban J connectivity index is 2.05. The summed E-state index contributed by atoms with van der Waals surface area (Å²) < 4.78 is 5.51. The van der Waals surface area contributed by atoms with Gasteiger partial charge < -0.3 is 15.1 Å². The lowest BCUT2D eigenvalue weighted by molar-refractivity contribution is 0.0714. The second kappa shape index (κ2) is 5.52. The number of carbonyl (C=O) groups is 1. The fourth-order valence-electron chi connectivity index (χ4n) is 1.89. The number of carbonyl (C=O) groups excluding carboxylic acids is 1. The summed E-state index contributed by atoms with van der Waals surface area (Å²) >= 11 is 4.86. The predicted octanol–water partition coefficient (Wildman–Crippen LogP) is 2.12. The summed E-state index contributed by atoms with van der Waals surface area (Å²) in [4.78, 5) is 14.6. The molecule has 1 amide bonds. The molecule has 0 spiro atoms. The van der Waals surface area contributed by atoms with Gasteiger partial charge in [0.1, 0.15) is 5.76 Å². The SMILES string of the molecule is CCc1ccc(C(=O)N(CCC(N)=S)C2CC2)o1. The molecule has 0 aliphatic heterocycles. The number of nitrogens with zero attached hydrogens (tertiary/aromatic N) is 1. The summed E-state index contributed by atoms with van der Waals surface area (Å²) in [5.74, 6) is 1.21. The van der Waals surface area contributed by atoms with Crippen LogP contribution in [0, 0.1) is 0 Å². The summed E-state index contributed by atoms with van der Waals surface area (Å²) in [5, 5.41) is 0. The molecule has 1 saturated carbocycles. The van der Waals surface area contributed by atoms with Crippen molar-refractivity contribution in [3.05, 3.63) is 23.7 Å². The average molecular weight is 266 g/mol. The summed E-state index contributed by atoms with van der Waals surface area (Å²) in [5.41, 5.74) is 5.50. The van der Waals surface area contributed by atoms with Gasteiger partial charge in [-0.3, -0.25) is 4.79 Å². The van der Waals surface area contributed by atoms with Gasteiger partial charge in [0.05, 0.1) is 4.99 Å². The van der Waals surface area contributed by atoms with E-state index in [1.54, 1.807) is 6.07 Å². The third-order valence-electron chi connectivity index (χ3n) is 3.07. The van der Waals surface area contributed by atoms with Crippen molar-refractivity contribution in [3.63, 3.8) is 0 Å². The van der Waals surface area contributed by atoms with Crippen molar-refractivity contribution in [1.82, 2.24) is 4.90 Å². The van der Waals surface area contributed by atoms with Crippen LogP contribution >= 0.6 is 12.2 Å². The molecule has 0 saturated heterocycles. The molecule has 1 aromatic rings. The Morgan fingerprint density at radius 3 is 2.78 bits per heavy atom. The zero-order chi connectivity index (χ0) is 13.1. The average Bonchev–Trinajstić information content (AvgIpc) is 3.06. The van der Waals surface area contributed by atoms with Gasteiger partial charge in [0.2, 0.25) is 0 Å². The van der Waals surface area contributed by atoms with Crippen molar-refractivity contribution >= 4 is 23.1 Å². The van der Waals surface area contributed by atoms with E-state index in [4.69, 9.17) is 22.4 Å². The Kier molecular flexibility index (Phi) is 4.01. The summed E-state index contributed by atoms with van der Waals surface area (Å²) in [6, 6.07) is 3.94. The van der Waals surface area contributed by atoms with Gasteiger partial charge in [-0.2, -0.15) is 0 Å². The smallest absolute Gasteiger partial charge is 0.289 e. The van der Waals surface area contributed by atoms with Gasteiger partial charge in [0.25, 0.3) is 5.91 Å². The molecule has 18 heavy (non-hydrogen) atoms. The maximum absolute atomic E-state index is 12.3. The molecule has 1 aliphatic rings. The third-order valence-corrected chi connectivity index (χ3v) is 3.27. The Morgan fingerprint density at radius 1 is 1.56 bits per heavy atom. The standard InChI is InChI=1S/C13H18N2O2S/c1-2-10-5-6-11(17-10)13(16)15(9-3-4-9)8-7-12(14)18/h5-6,9H,2-4,7-8H2,1H3,(H2,14,18). The number of thiocarbonyl (C=S) groups is 1. The van der Waals surface area contributed by atoms with Crippen molar-refractivity contribution in [2.75, 3.05) is 6.54 Å². The molecular formula is C13H18N2O2S. The van der Waals surface area contributed by atoms with Crippen LogP contribution in [0.15, 0.2) is 16.5 Å². The van der Waals surface area contributed by atoms with Crippen LogP contribution in [-0.4, -0.2) is 28.4 Å². The topological polar surface area (TPSA) is 59.5 Å². The Bertz CT molecular complexity index is 452. The number of hydrogen-bond donors (Lipinski definition) is 1. The second-order valence-electron chi connectivity index (χ2n) is 4.57. The minimum atomic E-state index is -0.0477. The maximum Gasteiger partial charge on any atom is 0.289 e. The van der Waals surface area contributed by atoms with Crippen molar-refractivity contribution in [2.45, 2.75) is 38.6 Å². The van der Waals surface area contributed by atoms with Crippen LogP contribution in [-0.2, 0) is 6.42 Å². The van der Waals surface area contributed by atoms with Crippen LogP contribution in [0.3, 0.4) is 0 Å². The lowest BCUT2D eigenvalue weighted by Gasteiger charge is -2.20. The van der Waals surface area contributed by atoms with Gasteiger partial charge in [-0.05, 0) is 25.0 Å². The Hall–Kier alpha value is -1.36. The Morgan fingerprint density at radius 2 is 2.28 bits per heavy atom. The summed E-state index contributed by atoms with van der Waals surface area (Å²) in [6.45, 7) is 2.58. The fraction of sp³-hybridized carbons (Fsp3) is 0.538. The highest BCUT2D eigenvalue weighted by Gasteiger charge is 2.33. The van der Waals surface area contributed by atoms with Gasteiger partial charge in [0.15, 0.2) is 5.76 Å². The van der Waals surface area contributed by atoms with Gasteiger partial charge in [-0.1, -0.05) is 19.1 Å². The van der Waals surface area contributed by atoms with Crippen molar-refractivity contribution in [2.24, 2.45) is 5.73 Å². The van der Waals surface area contributed by atoms with Crippen LogP contribution in [0.1, 0.15) is 42.5 Å². The zero-order valence-electron chi connectivity index (χ0n) is 10.5. The normalized spacial score (nSPS) is 14.5. The number of amides is 1. The van der Waals surface area contributed by atoms with Crippen molar-refractivity contribution < 1.29 is 9.21 Å². The largest absolute Gasteiger partial charge is 0.456 e. The van der Waals surface area contributed by atoms with Crippen LogP contribution in [0.2, 0.25) is 0 Å². The first-order valence-corrected chi connectivity index (χ1v) is 6.70. The first-order chi connectivity index (χ1) is 8.61. The van der Waals surface area contributed by atoms with Crippen LogP contribution < -0.4 is 5.73 Å². The van der Waals surface area contributed by atoms with Gasteiger partial charge in [-0.25, -0.2) is 0 Å². The minimum Gasteiger partial charge on any atom is -0.456 e. The molecule has 1 heterocycles. The summed E-state index contributed by atoms with van der Waals surface area (Å²) in [7, 11) is 0. The molecule has 98 valence electrons. The van der Waals surface area contributed by atoms with Crippen molar-refractivity contribution in [3.8, 4) is 0 Å². The fourth-order valence-corrected chi connectivity index (χ4v) is 1.98. The van der Waals surface area contributed by atoms with E-state index >= 15 is 0 Å². The molecule has 1 aliphatic carbocycles. The highest BCUT2D eigenvalue weighted by atomic mass is 32.1. The van der Waals surface area contributed by atoms with Gasteiger partial charge in [0, 0.05) is 25.4 Å². The predicted molar refractivity (Wildman–Crippen MR) is 73.5 cm³/mol. The van der Waals surface area contributed by atoms with Crippen molar-refractivity contribution in [1.29, 1.82) is 0 Å². The number of aryl methyl sites for hydroxylation is 1. The number of furan rings is 1. The molecule has 0 bridgehead atoms. The molecule has 0 aromatic carbocycles. The lowest BCUT2D eigenvalue weighted by atomic mass is 10.3. The highest BCUT2D eigenvalue weighted by molar-refractivity contribution is 7.80. The van der Waals surface area contributed by atoms with E-state index in [9.17, 15) is 4.79 Å². The number of hydrogen-bond acceptors (Lipinski definition) is 3. The van der Waals surface area contributed by atoms with E-state index in [2.05, 4.69) is 0 Å². The number of rotatable bonds is 6. The molecule has 4 nitrogen and oxygen atoms in total. The molecule has 1 aromatic heterocycles. The van der Waals surface area contributed by atoms with E-state index < -0.39 is 0 Å².